The summed E-state index contributed by atoms with van der Waals surface area (Å²) in [5.41, 5.74) is 3.14. The lowest BCUT2D eigenvalue weighted by atomic mass is 10.1. The molecule has 142 valence electrons. The average molecular weight is 385 g/mol. The first kappa shape index (κ1) is 19.3. The molecule has 0 radical (unpaired) electrons. The zero-order valence-corrected chi connectivity index (χ0v) is 16.1. The van der Waals surface area contributed by atoms with E-state index in [4.69, 9.17) is 5.14 Å². The lowest BCUT2D eigenvalue weighted by molar-refractivity contribution is 0.269. The highest BCUT2D eigenvalue weighted by Gasteiger charge is 2.14. The highest BCUT2D eigenvalue weighted by molar-refractivity contribution is 7.89. The van der Waals surface area contributed by atoms with Crippen molar-refractivity contribution in [1.29, 1.82) is 0 Å². The van der Waals surface area contributed by atoms with Gasteiger partial charge in [-0.1, -0.05) is 30.4 Å². The number of benzene rings is 1. The Morgan fingerprint density at radius 3 is 2.52 bits per heavy atom. The number of nitrogens with zero attached hydrogens (tertiary/aromatic N) is 2. The number of aromatic nitrogens is 1. The molecule has 6 nitrogen and oxygen atoms in total. The fraction of sp³-hybridized carbons (Fsp3) is 0.250. The van der Waals surface area contributed by atoms with Crippen molar-refractivity contribution < 1.29 is 8.42 Å². The van der Waals surface area contributed by atoms with E-state index in [0.29, 0.717) is 19.1 Å². The molecule has 1 aromatic carbocycles. The zero-order valence-electron chi connectivity index (χ0n) is 15.2. The fourth-order valence-corrected chi connectivity index (χ4v) is 3.51. The summed E-state index contributed by atoms with van der Waals surface area (Å²) in [4.78, 5) is 6.81. The number of pyridine rings is 1. The third-order valence-electron chi connectivity index (χ3n) is 4.27. The molecule has 3 rings (SSSR count). The van der Waals surface area contributed by atoms with Gasteiger partial charge in [0.1, 0.15) is 0 Å². The van der Waals surface area contributed by atoms with Crippen molar-refractivity contribution in [3.8, 4) is 0 Å². The van der Waals surface area contributed by atoms with E-state index in [1.807, 2.05) is 18.2 Å². The SMILES string of the molecule is CC1C=CC=C(CN(Cc2ccc(S(N)(=O)=O)cc2)Cc2ccccn2)N1. The van der Waals surface area contributed by atoms with E-state index < -0.39 is 10.0 Å². The smallest absolute Gasteiger partial charge is 0.238 e. The van der Waals surface area contributed by atoms with Gasteiger partial charge in [0.2, 0.25) is 10.0 Å². The summed E-state index contributed by atoms with van der Waals surface area (Å²) in [5.74, 6) is 0. The maximum Gasteiger partial charge on any atom is 0.238 e. The van der Waals surface area contributed by atoms with Crippen molar-refractivity contribution in [1.82, 2.24) is 15.2 Å². The number of allylic oxidation sites excluding steroid dienone is 2. The molecule has 0 spiro atoms. The van der Waals surface area contributed by atoms with Crippen LogP contribution >= 0.6 is 0 Å². The number of primary sulfonamides is 1. The van der Waals surface area contributed by atoms with Crippen LogP contribution in [0.15, 0.2) is 77.5 Å². The molecule has 0 amide bonds. The standard InChI is InChI=1S/C20H24N4O2S/c1-16-5-4-7-19(23-16)15-24(14-18-6-2-3-12-22-18)13-17-8-10-20(11-9-17)27(21,25)26/h2-12,16,23H,13-15H2,1H3,(H2,21,25,26). The molecule has 0 fully saturated rings. The minimum atomic E-state index is -3.68. The highest BCUT2D eigenvalue weighted by atomic mass is 32.2. The quantitative estimate of drug-likeness (QED) is 0.764. The summed E-state index contributed by atoms with van der Waals surface area (Å²) in [6.07, 6.45) is 8.04. The van der Waals surface area contributed by atoms with Gasteiger partial charge in [0.25, 0.3) is 0 Å². The Morgan fingerprint density at radius 1 is 1.11 bits per heavy atom. The van der Waals surface area contributed by atoms with Crippen LogP contribution in [0.4, 0.5) is 0 Å². The van der Waals surface area contributed by atoms with Crippen molar-refractivity contribution in [2.75, 3.05) is 6.54 Å². The Hall–Kier alpha value is -2.48. The van der Waals surface area contributed by atoms with Gasteiger partial charge in [0.05, 0.1) is 10.6 Å². The minimum Gasteiger partial charge on any atom is -0.381 e. The predicted octanol–water partition coefficient (Wildman–Crippen LogP) is 2.16. The first-order valence-electron chi connectivity index (χ1n) is 8.78. The molecule has 2 aromatic rings. The molecular formula is C20H24N4O2S. The van der Waals surface area contributed by atoms with Gasteiger partial charge in [0.15, 0.2) is 0 Å². The third-order valence-corrected chi connectivity index (χ3v) is 5.20. The number of rotatable bonds is 7. The molecule has 0 aliphatic carbocycles. The van der Waals surface area contributed by atoms with Crippen LogP contribution in [0.3, 0.4) is 0 Å². The number of nitrogens with two attached hydrogens (primary N) is 1. The van der Waals surface area contributed by atoms with E-state index in [0.717, 1.165) is 23.5 Å². The van der Waals surface area contributed by atoms with Crippen LogP contribution in [0, 0.1) is 0 Å². The summed E-state index contributed by atoms with van der Waals surface area (Å²) in [7, 11) is -3.68. The summed E-state index contributed by atoms with van der Waals surface area (Å²) < 4.78 is 22.9. The molecule has 2 heterocycles. The molecule has 0 saturated heterocycles. The molecule has 0 saturated carbocycles. The molecule has 0 bridgehead atoms. The van der Waals surface area contributed by atoms with E-state index in [1.54, 1.807) is 30.5 Å². The molecule has 1 unspecified atom stereocenters. The van der Waals surface area contributed by atoms with Gasteiger partial charge in [-0.25, -0.2) is 13.6 Å². The molecule has 7 heteroatoms. The normalized spacial score (nSPS) is 16.9. The van der Waals surface area contributed by atoms with E-state index in [-0.39, 0.29) is 4.90 Å². The Bertz CT molecular complexity index is 922. The minimum absolute atomic E-state index is 0.123. The monoisotopic (exact) mass is 384 g/mol. The molecule has 1 aliphatic heterocycles. The van der Waals surface area contributed by atoms with Crippen LogP contribution in [0.1, 0.15) is 18.2 Å². The van der Waals surface area contributed by atoms with E-state index in [2.05, 4.69) is 40.4 Å². The predicted molar refractivity (Wildman–Crippen MR) is 106 cm³/mol. The van der Waals surface area contributed by atoms with Crippen LogP contribution in [0.25, 0.3) is 0 Å². The van der Waals surface area contributed by atoms with Crippen LogP contribution < -0.4 is 10.5 Å². The summed E-state index contributed by atoms with van der Waals surface area (Å²) in [5, 5.41) is 8.64. The lowest BCUT2D eigenvalue weighted by Crippen LogP contribution is -2.34. The van der Waals surface area contributed by atoms with Crippen LogP contribution in [-0.2, 0) is 23.1 Å². The van der Waals surface area contributed by atoms with Crippen molar-refractivity contribution >= 4 is 10.0 Å². The molecule has 1 aromatic heterocycles. The first-order chi connectivity index (χ1) is 12.9. The van der Waals surface area contributed by atoms with Crippen molar-refractivity contribution in [3.63, 3.8) is 0 Å². The number of sulfonamides is 1. The maximum absolute atomic E-state index is 11.4. The second-order valence-corrected chi connectivity index (χ2v) is 8.23. The van der Waals surface area contributed by atoms with Gasteiger partial charge in [0, 0.05) is 37.6 Å². The Kier molecular flexibility index (Phi) is 6.05. The van der Waals surface area contributed by atoms with E-state index in [1.165, 1.54) is 0 Å². The van der Waals surface area contributed by atoms with Gasteiger partial charge in [-0.3, -0.25) is 9.88 Å². The molecule has 27 heavy (non-hydrogen) atoms. The molecule has 1 atom stereocenters. The highest BCUT2D eigenvalue weighted by Crippen LogP contribution is 2.14. The van der Waals surface area contributed by atoms with Crippen LogP contribution in [0.5, 0.6) is 0 Å². The van der Waals surface area contributed by atoms with Crippen molar-refractivity contribution in [2.45, 2.75) is 31.0 Å². The van der Waals surface area contributed by atoms with Crippen LogP contribution in [0.2, 0.25) is 0 Å². The van der Waals surface area contributed by atoms with Gasteiger partial charge in [-0.15, -0.1) is 0 Å². The van der Waals surface area contributed by atoms with Crippen molar-refractivity contribution in [3.05, 3.63) is 83.8 Å². The molecule has 3 N–H and O–H groups in total. The Balaban J connectivity index is 1.76. The summed E-state index contributed by atoms with van der Waals surface area (Å²) >= 11 is 0. The molecule has 1 aliphatic rings. The summed E-state index contributed by atoms with van der Waals surface area (Å²) in [6.45, 7) is 4.20. The Morgan fingerprint density at radius 2 is 1.89 bits per heavy atom. The van der Waals surface area contributed by atoms with Gasteiger partial charge in [-0.2, -0.15) is 0 Å². The molecular weight excluding hydrogens is 360 g/mol. The maximum atomic E-state index is 11.4. The van der Waals surface area contributed by atoms with Crippen molar-refractivity contribution in [2.24, 2.45) is 5.14 Å². The lowest BCUT2D eigenvalue weighted by Gasteiger charge is -2.26. The number of hydrogen-bond acceptors (Lipinski definition) is 5. The van der Waals surface area contributed by atoms with Gasteiger partial charge in [-0.05, 0) is 42.8 Å². The van der Waals surface area contributed by atoms with Crippen LogP contribution in [-0.4, -0.2) is 30.9 Å². The largest absolute Gasteiger partial charge is 0.381 e. The Labute approximate surface area is 160 Å². The van der Waals surface area contributed by atoms with Gasteiger partial charge >= 0.3 is 0 Å². The number of hydrogen-bond donors (Lipinski definition) is 2. The third kappa shape index (κ3) is 5.75. The zero-order chi connectivity index (χ0) is 19.3. The van der Waals surface area contributed by atoms with E-state index in [9.17, 15) is 8.42 Å². The van der Waals surface area contributed by atoms with E-state index >= 15 is 0 Å². The first-order valence-corrected chi connectivity index (χ1v) is 10.3. The average Bonchev–Trinajstić information content (AvgIpc) is 2.62. The number of dihydropyridines is 1. The fourth-order valence-electron chi connectivity index (χ4n) is 3.00. The van der Waals surface area contributed by atoms with Gasteiger partial charge < -0.3 is 5.32 Å². The topological polar surface area (TPSA) is 88.3 Å². The summed E-state index contributed by atoms with van der Waals surface area (Å²) in [6, 6.07) is 12.9. The number of nitrogens with one attached hydrogen (secondary N) is 1. The second-order valence-electron chi connectivity index (χ2n) is 6.67. The second kappa shape index (κ2) is 8.47.